The standard InChI is InChI=1S/C23H23Br2N3O2Si/c1-23(2,3)31(4,5)28-21(29)18(19(25)22(28)30)17-13-9-6-7-10-14(13)27-20(17)15-11-8-12-16(24)26-15/h6-12,27H,1-5H3. The van der Waals surface area contributed by atoms with Gasteiger partial charge in [-0.3, -0.25) is 9.59 Å². The van der Waals surface area contributed by atoms with Crippen molar-refractivity contribution in [2.75, 3.05) is 0 Å². The third-order valence-electron chi connectivity index (χ3n) is 6.35. The van der Waals surface area contributed by atoms with Crippen LogP contribution in [-0.4, -0.2) is 34.6 Å². The molecular weight excluding hydrogens is 538 g/mol. The third kappa shape index (κ3) is 3.45. The third-order valence-corrected chi connectivity index (χ3v) is 12.7. The van der Waals surface area contributed by atoms with Crippen LogP contribution in [0.3, 0.4) is 0 Å². The number of rotatable bonds is 3. The van der Waals surface area contributed by atoms with E-state index in [1.807, 2.05) is 42.5 Å². The molecule has 1 N–H and O–H groups in total. The molecule has 0 radical (unpaired) electrons. The largest absolute Gasteiger partial charge is 0.353 e. The molecule has 1 aromatic carbocycles. The summed E-state index contributed by atoms with van der Waals surface area (Å²) in [5.74, 6) is -0.505. The Morgan fingerprint density at radius 3 is 2.29 bits per heavy atom. The average molecular weight is 561 g/mol. The molecule has 4 rings (SSSR count). The number of nitrogens with zero attached hydrogens (tertiary/aromatic N) is 2. The van der Waals surface area contributed by atoms with E-state index in [4.69, 9.17) is 0 Å². The number of carbonyl (C=O) groups excluding carboxylic acids is 2. The zero-order valence-electron chi connectivity index (χ0n) is 18.0. The maximum Gasteiger partial charge on any atom is 0.260 e. The van der Waals surface area contributed by atoms with Gasteiger partial charge < -0.3 is 9.55 Å². The summed E-state index contributed by atoms with van der Waals surface area (Å²) in [5.41, 5.74) is 3.39. The molecule has 3 aromatic rings. The van der Waals surface area contributed by atoms with E-state index < -0.39 is 8.24 Å². The van der Waals surface area contributed by atoms with Crippen LogP contribution in [0.1, 0.15) is 26.3 Å². The minimum absolute atomic E-state index is 0.171. The average Bonchev–Trinajstić information content (AvgIpc) is 3.16. The number of halogens is 2. The fourth-order valence-electron chi connectivity index (χ4n) is 3.70. The number of imide groups is 1. The van der Waals surface area contributed by atoms with E-state index in [0.717, 1.165) is 10.9 Å². The lowest BCUT2D eigenvalue weighted by atomic mass is 10.0. The molecule has 5 nitrogen and oxygen atoms in total. The quantitative estimate of drug-likeness (QED) is 0.227. The number of pyridine rings is 1. The minimum atomic E-state index is -2.44. The zero-order chi connectivity index (χ0) is 22.7. The van der Waals surface area contributed by atoms with E-state index in [1.165, 1.54) is 4.57 Å². The van der Waals surface area contributed by atoms with Crippen molar-refractivity contribution >= 4 is 68.4 Å². The minimum Gasteiger partial charge on any atom is -0.353 e. The van der Waals surface area contributed by atoms with E-state index in [0.29, 0.717) is 31.6 Å². The number of nitrogens with one attached hydrogen (secondary N) is 1. The molecule has 0 unspecified atom stereocenters. The first-order valence-electron chi connectivity index (χ1n) is 9.98. The Morgan fingerprint density at radius 1 is 0.968 bits per heavy atom. The predicted octanol–water partition coefficient (Wildman–Crippen LogP) is 6.47. The van der Waals surface area contributed by atoms with E-state index in [2.05, 4.69) is 75.7 Å². The summed E-state index contributed by atoms with van der Waals surface area (Å²) in [6, 6.07) is 13.4. The van der Waals surface area contributed by atoms with Crippen LogP contribution in [0.2, 0.25) is 18.1 Å². The van der Waals surface area contributed by atoms with Gasteiger partial charge in [-0.2, -0.15) is 0 Å². The van der Waals surface area contributed by atoms with E-state index >= 15 is 0 Å². The Kier molecular flexibility index (Phi) is 5.39. The molecule has 0 saturated carbocycles. The van der Waals surface area contributed by atoms with Gasteiger partial charge in [-0.15, -0.1) is 0 Å². The number of hydrogen-bond acceptors (Lipinski definition) is 3. The molecule has 1 aliphatic heterocycles. The summed E-state index contributed by atoms with van der Waals surface area (Å²) in [7, 11) is -2.44. The molecule has 0 spiro atoms. The van der Waals surface area contributed by atoms with Crippen LogP contribution >= 0.6 is 31.9 Å². The summed E-state index contributed by atoms with van der Waals surface area (Å²) in [6.07, 6.45) is 0. The number of hydrogen-bond donors (Lipinski definition) is 1. The van der Waals surface area contributed by atoms with Crippen molar-refractivity contribution < 1.29 is 9.59 Å². The lowest BCUT2D eigenvalue weighted by Crippen LogP contribution is -2.57. The summed E-state index contributed by atoms with van der Waals surface area (Å²) >= 11 is 6.92. The highest BCUT2D eigenvalue weighted by molar-refractivity contribution is 9.12. The lowest BCUT2D eigenvalue weighted by Gasteiger charge is -2.42. The monoisotopic (exact) mass is 559 g/mol. The molecule has 0 bridgehead atoms. The molecule has 0 atom stereocenters. The maximum atomic E-state index is 13.8. The zero-order valence-corrected chi connectivity index (χ0v) is 22.2. The first kappa shape index (κ1) is 22.2. The number of para-hydroxylation sites is 1. The van der Waals surface area contributed by atoms with Crippen molar-refractivity contribution in [2.45, 2.75) is 38.9 Å². The van der Waals surface area contributed by atoms with Crippen LogP contribution in [-0.2, 0) is 9.59 Å². The van der Waals surface area contributed by atoms with Gasteiger partial charge in [0.25, 0.3) is 11.8 Å². The van der Waals surface area contributed by atoms with Crippen molar-refractivity contribution in [3.8, 4) is 11.4 Å². The molecule has 8 heteroatoms. The van der Waals surface area contributed by atoms with E-state index in [9.17, 15) is 9.59 Å². The Hall–Kier alpha value is -2.03. The topological polar surface area (TPSA) is 66.1 Å². The Bertz CT molecular complexity index is 1270. The first-order valence-corrected chi connectivity index (χ1v) is 14.5. The van der Waals surface area contributed by atoms with Crippen LogP contribution in [0.15, 0.2) is 51.6 Å². The number of amides is 2. The van der Waals surface area contributed by atoms with Gasteiger partial charge in [-0.05, 0) is 55.1 Å². The molecule has 2 aromatic heterocycles. The van der Waals surface area contributed by atoms with Crippen molar-refractivity contribution in [2.24, 2.45) is 0 Å². The molecule has 3 heterocycles. The van der Waals surface area contributed by atoms with E-state index in [-0.39, 0.29) is 16.9 Å². The van der Waals surface area contributed by atoms with Gasteiger partial charge in [0.1, 0.15) is 4.60 Å². The van der Waals surface area contributed by atoms with Gasteiger partial charge in [0.05, 0.1) is 21.4 Å². The van der Waals surface area contributed by atoms with Gasteiger partial charge in [-0.25, -0.2) is 4.98 Å². The van der Waals surface area contributed by atoms with Crippen LogP contribution in [0, 0.1) is 0 Å². The summed E-state index contributed by atoms with van der Waals surface area (Å²) in [6.45, 7) is 10.4. The lowest BCUT2D eigenvalue weighted by molar-refractivity contribution is -0.131. The van der Waals surface area contributed by atoms with Crippen LogP contribution in [0.25, 0.3) is 27.9 Å². The number of fused-ring (bicyclic) bond motifs is 1. The molecular formula is C23H23Br2N3O2Si. The molecule has 160 valence electrons. The Morgan fingerprint density at radius 2 is 1.65 bits per heavy atom. The smallest absolute Gasteiger partial charge is 0.260 e. The van der Waals surface area contributed by atoms with Gasteiger partial charge >= 0.3 is 0 Å². The number of aromatic amines is 1. The van der Waals surface area contributed by atoms with Crippen molar-refractivity contribution in [1.29, 1.82) is 0 Å². The number of carbonyl (C=O) groups is 2. The normalized spacial score (nSPS) is 15.5. The fraction of sp³-hybridized carbons (Fsp3) is 0.261. The first-order chi connectivity index (χ1) is 14.4. The van der Waals surface area contributed by atoms with Crippen molar-refractivity contribution in [3.63, 3.8) is 0 Å². The van der Waals surface area contributed by atoms with Crippen LogP contribution in [0.5, 0.6) is 0 Å². The van der Waals surface area contributed by atoms with Gasteiger partial charge in [0.2, 0.25) is 0 Å². The second-order valence-corrected chi connectivity index (χ2v) is 15.9. The Balaban J connectivity index is 1.98. The van der Waals surface area contributed by atoms with Crippen LogP contribution in [0.4, 0.5) is 0 Å². The van der Waals surface area contributed by atoms with Gasteiger partial charge in [-0.1, -0.05) is 58.1 Å². The maximum absolute atomic E-state index is 13.8. The number of aromatic nitrogens is 2. The Labute approximate surface area is 199 Å². The van der Waals surface area contributed by atoms with E-state index in [1.54, 1.807) is 0 Å². The molecule has 0 fully saturated rings. The number of H-pyrrole nitrogens is 1. The van der Waals surface area contributed by atoms with Crippen molar-refractivity contribution in [1.82, 2.24) is 14.5 Å². The SMILES string of the molecule is CC(C)(C)[Si](C)(C)N1C(=O)C(Br)=C(c2c(-c3cccc(Br)n3)[nH]c3ccccc23)C1=O. The summed E-state index contributed by atoms with van der Waals surface area (Å²) in [4.78, 5) is 35.2. The highest BCUT2D eigenvalue weighted by atomic mass is 79.9. The summed E-state index contributed by atoms with van der Waals surface area (Å²) in [5, 5.41) is 0.708. The van der Waals surface area contributed by atoms with Gasteiger partial charge in [0.15, 0.2) is 8.24 Å². The molecule has 0 aliphatic carbocycles. The van der Waals surface area contributed by atoms with Crippen molar-refractivity contribution in [3.05, 3.63) is 57.1 Å². The molecule has 31 heavy (non-hydrogen) atoms. The molecule has 1 aliphatic rings. The highest BCUT2D eigenvalue weighted by Crippen LogP contribution is 2.47. The van der Waals surface area contributed by atoms with Crippen LogP contribution < -0.4 is 0 Å². The van der Waals surface area contributed by atoms with Gasteiger partial charge in [0, 0.05) is 16.5 Å². The molecule has 2 amide bonds. The number of benzene rings is 1. The second-order valence-electron chi connectivity index (χ2n) is 9.21. The summed E-state index contributed by atoms with van der Waals surface area (Å²) < 4.78 is 2.52. The molecule has 0 saturated heterocycles. The second kappa shape index (κ2) is 7.53. The fourth-order valence-corrected chi connectivity index (χ4v) is 6.67. The highest BCUT2D eigenvalue weighted by Gasteiger charge is 2.52. The predicted molar refractivity (Wildman–Crippen MR) is 134 cm³/mol.